The van der Waals surface area contributed by atoms with Crippen molar-refractivity contribution in [3.05, 3.63) is 70.4 Å². The minimum Gasteiger partial charge on any atom is -0.368 e. The second-order valence-electron chi connectivity index (χ2n) is 7.22. The average Bonchev–Trinajstić information content (AvgIpc) is 3.05. The van der Waals surface area contributed by atoms with Gasteiger partial charge in [0.1, 0.15) is 12.1 Å². The van der Waals surface area contributed by atoms with Gasteiger partial charge in [-0.25, -0.2) is 4.79 Å². The van der Waals surface area contributed by atoms with E-state index in [0.717, 1.165) is 27.7 Å². The molecule has 0 spiro atoms. The molecule has 0 saturated carbocycles. The number of primary amides is 1. The van der Waals surface area contributed by atoms with Crippen LogP contribution in [0.15, 0.2) is 48.5 Å². The van der Waals surface area contributed by atoms with E-state index in [9.17, 15) is 9.59 Å². The Morgan fingerprint density at radius 3 is 2.46 bits per heavy atom. The molecule has 3 amide bonds. The molecule has 3 aromatic rings. The average molecular weight is 397 g/mol. The van der Waals surface area contributed by atoms with Crippen LogP contribution in [0.5, 0.6) is 0 Å². The zero-order chi connectivity index (χ0) is 20.0. The molecule has 2 atom stereocenters. The first kappa shape index (κ1) is 18.4. The maximum absolute atomic E-state index is 13.1. The summed E-state index contributed by atoms with van der Waals surface area (Å²) in [4.78, 5) is 32.0. The van der Waals surface area contributed by atoms with E-state index in [1.807, 2.05) is 36.4 Å². The van der Waals surface area contributed by atoms with Crippen LogP contribution in [-0.2, 0) is 11.2 Å². The summed E-state index contributed by atoms with van der Waals surface area (Å²) in [6.45, 7) is 0. The monoisotopic (exact) mass is 396 g/mol. The number of aromatic amines is 1. The maximum atomic E-state index is 13.1. The number of para-hydroxylation sites is 1. The topological polar surface area (TPSA) is 82.4 Å². The molecule has 0 aliphatic carbocycles. The van der Waals surface area contributed by atoms with Crippen molar-refractivity contribution >= 4 is 34.4 Å². The number of amides is 3. The predicted octanol–water partition coefficient (Wildman–Crippen LogP) is 3.30. The van der Waals surface area contributed by atoms with Gasteiger partial charge in [0, 0.05) is 42.1 Å². The van der Waals surface area contributed by atoms with Gasteiger partial charge in [-0.1, -0.05) is 41.9 Å². The highest BCUT2D eigenvalue weighted by Crippen LogP contribution is 2.41. The maximum Gasteiger partial charge on any atom is 0.321 e. The van der Waals surface area contributed by atoms with Crippen LogP contribution in [-0.4, -0.2) is 46.9 Å². The molecular weight excluding hydrogens is 376 g/mol. The molecule has 1 unspecified atom stereocenters. The molecule has 4 rings (SSSR count). The summed E-state index contributed by atoms with van der Waals surface area (Å²) in [5, 5.41) is 1.65. The lowest BCUT2D eigenvalue weighted by molar-refractivity contribution is -0.123. The van der Waals surface area contributed by atoms with Crippen molar-refractivity contribution in [2.24, 2.45) is 5.73 Å². The van der Waals surface area contributed by atoms with Crippen LogP contribution in [0.1, 0.15) is 22.9 Å². The van der Waals surface area contributed by atoms with Crippen molar-refractivity contribution < 1.29 is 9.59 Å². The smallest absolute Gasteiger partial charge is 0.321 e. The summed E-state index contributed by atoms with van der Waals surface area (Å²) in [5.74, 6) is -0.523. The number of aromatic nitrogens is 1. The first-order chi connectivity index (χ1) is 13.4. The number of nitrogens with two attached hydrogens (primary N) is 1. The van der Waals surface area contributed by atoms with E-state index in [2.05, 4.69) is 4.98 Å². The molecule has 7 heteroatoms. The van der Waals surface area contributed by atoms with E-state index in [4.69, 9.17) is 17.3 Å². The Morgan fingerprint density at radius 2 is 1.82 bits per heavy atom. The van der Waals surface area contributed by atoms with Crippen molar-refractivity contribution in [1.29, 1.82) is 0 Å². The molecule has 0 radical (unpaired) electrons. The van der Waals surface area contributed by atoms with Gasteiger partial charge in [-0.15, -0.1) is 0 Å². The number of H-pyrrole nitrogens is 1. The van der Waals surface area contributed by atoms with Gasteiger partial charge in [0.2, 0.25) is 5.91 Å². The number of halogens is 1. The Bertz CT molecular complexity index is 1060. The third kappa shape index (κ3) is 2.90. The standard InChI is InChI=1S/C21H21ClN4O2/c1-25(2)21(28)26-17(20(23)27)11-15-14-5-3-4-6-16(14)24-18(15)19(26)12-7-9-13(22)10-8-12/h3-10,17,19,24H,11H2,1-2H3,(H2,23,27)/t17-,19?/m1/s1. The number of nitrogens with one attached hydrogen (secondary N) is 1. The molecule has 3 N–H and O–H groups in total. The zero-order valence-corrected chi connectivity index (χ0v) is 16.4. The molecule has 1 aromatic heterocycles. The number of urea groups is 1. The highest BCUT2D eigenvalue weighted by molar-refractivity contribution is 6.30. The van der Waals surface area contributed by atoms with Crippen molar-refractivity contribution in [3.63, 3.8) is 0 Å². The van der Waals surface area contributed by atoms with Crippen LogP contribution in [0.25, 0.3) is 10.9 Å². The summed E-state index contributed by atoms with van der Waals surface area (Å²) in [5.41, 5.74) is 9.49. The molecule has 0 fully saturated rings. The van der Waals surface area contributed by atoms with Crippen molar-refractivity contribution in [3.8, 4) is 0 Å². The van der Waals surface area contributed by atoms with E-state index >= 15 is 0 Å². The summed E-state index contributed by atoms with van der Waals surface area (Å²) >= 11 is 6.07. The summed E-state index contributed by atoms with van der Waals surface area (Å²) in [6.07, 6.45) is 0.373. The van der Waals surface area contributed by atoms with Crippen molar-refractivity contribution in [2.75, 3.05) is 14.1 Å². The SMILES string of the molecule is CN(C)C(=O)N1C(c2ccc(Cl)cc2)c2[nH]c3ccccc3c2C[C@@H]1C(N)=O. The van der Waals surface area contributed by atoms with Crippen LogP contribution in [0.3, 0.4) is 0 Å². The summed E-state index contributed by atoms with van der Waals surface area (Å²) in [6, 6.07) is 13.8. The van der Waals surface area contributed by atoms with Gasteiger partial charge in [-0.2, -0.15) is 0 Å². The van der Waals surface area contributed by atoms with Crippen LogP contribution < -0.4 is 5.73 Å². The zero-order valence-electron chi connectivity index (χ0n) is 15.6. The third-order valence-electron chi connectivity index (χ3n) is 5.25. The first-order valence-corrected chi connectivity index (χ1v) is 9.40. The van der Waals surface area contributed by atoms with E-state index < -0.39 is 18.0 Å². The minimum atomic E-state index is -0.748. The quantitative estimate of drug-likeness (QED) is 0.696. The number of carbonyl (C=O) groups excluding carboxylic acids is 2. The van der Waals surface area contributed by atoms with Crippen molar-refractivity contribution in [1.82, 2.24) is 14.8 Å². The fourth-order valence-electron chi connectivity index (χ4n) is 3.97. The summed E-state index contributed by atoms with van der Waals surface area (Å²) in [7, 11) is 3.33. The largest absolute Gasteiger partial charge is 0.368 e. The Morgan fingerprint density at radius 1 is 1.14 bits per heavy atom. The number of nitrogens with zero attached hydrogens (tertiary/aromatic N) is 2. The molecule has 144 valence electrons. The molecule has 28 heavy (non-hydrogen) atoms. The highest BCUT2D eigenvalue weighted by atomic mass is 35.5. The highest BCUT2D eigenvalue weighted by Gasteiger charge is 2.43. The van der Waals surface area contributed by atoms with E-state index in [1.165, 1.54) is 4.90 Å². The lowest BCUT2D eigenvalue weighted by Gasteiger charge is -2.42. The second kappa shape index (κ2) is 6.87. The molecule has 0 bridgehead atoms. The normalized spacial score (nSPS) is 18.8. The fraction of sp³-hybridized carbons (Fsp3) is 0.238. The Kier molecular flexibility index (Phi) is 4.51. The van der Waals surface area contributed by atoms with Gasteiger partial charge in [0.25, 0.3) is 0 Å². The number of hydrogen-bond donors (Lipinski definition) is 2. The molecule has 1 aliphatic rings. The van der Waals surface area contributed by atoms with Gasteiger partial charge in [-0.05, 0) is 29.3 Å². The number of benzene rings is 2. The molecule has 6 nitrogen and oxygen atoms in total. The fourth-order valence-corrected chi connectivity index (χ4v) is 4.10. The number of hydrogen-bond acceptors (Lipinski definition) is 2. The first-order valence-electron chi connectivity index (χ1n) is 9.02. The lowest BCUT2D eigenvalue weighted by atomic mass is 9.88. The van der Waals surface area contributed by atoms with Crippen LogP contribution in [0.2, 0.25) is 5.02 Å². The van der Waals surface area contributed by atoms with Crippen LogP contribution in [0.4, 0.5) is 4.79 Å². The molecule has 2 heterocycles. The molecule has 0 saturated heterocycles. The second-order valence-corrected chi connectivity index (χ2v) is 7.66. The predicted molar refractivity (Wildman–Crippen MR) is 109 cm³/mol. The number of rotatable bonds is 2. The van der Waals surface area contributed by atoms with Gasteiger partial charge in [0.15, 0.2) is 0 Å². The van der Waals surface area contributed by atoms with Gasteiger partial charge >= 0.3 is 6.03 Å². The Hall–Kier alpha value is -2.99. The third-order valence-corrected chi connectivity index (χ3v) is 5.50. The molecular formula is C21H21ClN4O2. The van der Waals surface area contributed by atoms with Gasteiger partial charge in [0.05, 0.1) is 0 Å². The van der Waals surface area contributed by atoms with Crippen molar-refractivity contribution in [2.45, 2.75) is 18.5 Å². The molecule has 1 aliphatic heterocycles. The number of fused-ring (bicyclic) bond motifs is 3. The summed E-state index contributed by atoms with van der Waals surface area (Å²) < 4.78 is 0. The van der Waals surface area contributed by atoms with E-state index in [1.54, 1.807) is 31.1 Å². The van der Waals surface area contributed by atoms with Gasteiger partial charge in [-0.3, -0.25) is 9.69 Å². The van der Waals surface area contributed by atoms with Crippen LogP contribution >= 0.6 is 11.6 Å². The Labute approximate surface area is 167 Å². The van der Waals surface area contributed by atoms with Crippen LogP contribution in [0, 0.1) is 0 Å². The van der Waals surface area contributed by atoms with E-state index in [0.29, 0.717) is 11.4 Å². The minimum absolute atomic E-state index is 0.270. The Balaban J connectivity index is 1.99. The van der Waals surface area contributed by atoms with E-state index in [-0.39, 0.29) is 6.03 Å². The lowest BCUT2D eigenvalue weighted by Crippen LogP contribution is -2.56. The molecule has 2 aromatic carbocycles. The van der Waals surface area contributed by atoms with Gasteiger partial charge < -0.3 is 15.6 Å². The number of carbonyl (C=O) groups is 2.